The van der Waals surface area contributed by atoms with Crippen LogP contribution in [0.4, 0.5) is 0 Å². The van der Waals surface area contributed by atoms with Crippen LogP contribution in [0.25, 0.3) is 72.4 Å². The molecule has 3 aromatic heterocycles. The molecule has 317 valence electrons. The number of rotatable bonds is 9. The van der Waals surface area contributed by atoms with Crippen LogP contribution in [0.1, 0.15) is 82.5 Å². The van der Waals surface area contributed by atoms with E-state index < -0.39 is 21.3 Å². The number of imidazole rings is 1. The minimum atomic E-state index is -2.16. The zero-order chi connectivity index (χ0) is 47.3. The molecule has 0 unspecified atom stereocenters. The maximum atomic E-state index is 8.59. The standard InChI is InChI=1S/C37H31N2O.C19H26NSi.Ir/c1-23(2)29-21-27(25-12-6-5-7-13-25)22-30(24(3)4)36(29)39-33-16-10-9-15-32(33)38-37(39)26-18-19-35-31(20-26)28-14-8-11-17-34(28)40-35;1-14(2)11-17-12-18(16-9-7-15(3)8-10-16)20-13-19(17)21(4,5)6;/h5-17,19-24H,1-4H3;7-9,12-14H,11H2,1-6H3;/q2*-1;/i;3D3,11D2;. The van der Waals surface area contributed by atoms with Crippen molar-refractivity contribution in [3.63, 3.8) is 0 Å². The first-order valence-corrected chi connectivity index (χ1v) is 24.8. The third-order valence-electron chi connectivity index (χ3n) is 11.1. The van der Waals surface area contributed by atoms with Crippen LogP contribution in [0, 0.1) is 24.9 Å². The van der Waals surface area contributed by atoms with Crippen molar-refractivity contribution < 1.29 is 31.4 Å². The van der Waals surface area contributed by atoms with Crippen molar-refractivity contribution in [1.82, 2.24) is 14.5 Å². The SMILES string of the molecule is CC(C)c1cc(-c2ccccc2)cc(C(C)C)c1-n1c(-c2[c-]cc3oc4ccccc4c3c2)nc2ccccc21.[2H]C([2H])([2H])c1c[c-]c(-c2cc(C([2H])([2H])C(C)C)c([Si](C)(C)C)cn2)cc1.[Ir]. The molecule has 6 heteroatoms. The Morgan fingerprint density at radius 2 is 1.39 bits per heavy atom. The van der Waals surface area contributed by atoms with Crippen LogP contribution >= 0.6 is 0 Å². The molecule has 6 aromatic carbocycles. The van der Waals surface area contributed by atoms with Gasteiger partial charge in [0.15, 0.2) is 0 Å². The van der Waals surface area contributed by atoms with Gasteiger partial charge in [0.25, 0.3) is 0 Å². The van der Waals surface area contributed by atoms with E-state index in [0.29, 0.717) is 28.7 Å². The third kappa shape index (κ3) is 9.20. The molecule has 0 N–H and O–H groups in total. The minimum Gasteiger partial charge on any atom is -0.500 e. The van der Waals surface area contributed by atoms with Crippen molar-refractivity contribution >= 4 is 46.2 Å². The van der Waals surface area contributed by atoms with Crippen molar-refractivity contribution in [2.75, 3.05) is 0 Å². The van der Waals surface area contributed by atoms with Gasteiger partial charge in [0.05, 0.1) is 30.5 Å². The van der Waals surface area contributed by atoms with Crippen molar-refractivity contribution in [1.29, 1.82) is 0 Å². The molecular weight excluding hydrogens is 951 g/mol. The maximum Gasteiger partial charge on any atom is 0.120 e. The summed E-state index contributed by atoms with van der Waals surface area (Å²) in [5, 5.41) is 3.20. The molecule has 0 aliphatic rings. The van der Waals surface area contributed by atoms with Gasteiger partial charge in [0.1, 0.15) is 5.58 Å². The molecule has 0 saturated heterocycles. The van der Waals surface area contributed by atoms with Crippen LogP contribution in [0.5, 0.6) is 0 Å². The van der Waals surface area contributed by atoms with Crippen LogP contribution in [-0.2, 0) is 26.5 Å². The summed E-state index contributed by atoms with van der Waals surface area (Å²) < 4.78 is 48.1. The smallest absolute Gasteiger partial charge is 0.120 e. The average molecular weight is 1010 g/mol. The van der Waals surface area contributed by atoms with Gasteiger partial charge in [0, 0.05) is 44.2 Å². The molecular formula is C56H57IrN3OSi-2. The van der Waals surface area contributed by atoms with E-state index in [1.807, 2.05) is 38.1 Å². The van der Waals surface area contributed by atoms with Gasteiger partial charge >= 0.3 is 0 Å². The number of pyridine rings is 1. The van der Waals surface area contributed by atoms with Crippen LogP contribution < -0.4 is 5.19 Å². The molecule has 0 saturated carbocycles. The number of aromatic nitrogens is 3. The minimum absolute atomic E-state index is 0. The van der Waals surface area contributed by atoms with E-state index in [1.54, 1.807) is 18.3 Å². The Kier molecular flexibility index (Phi) is 11.4. The quantitative estimate of drug-likeness (QED) is 0.107. The molecule has 0 bridgehead atoms. The van der Waals surface area contributed by atoms with E-state index in [4.69, 9.17) is 16.3 Å². The van der Waals surface area contributed by atoms with Crippen molar-refractivity contribution in [3.8, 4) is 39.5 Å². The number of aryl methyl sites for hydroxylation is 1. The Morgan fingerprint density at radius 3 is 2.05 bits per heavy atom. The third-order valence-corrected chi connectivity index (χ3v) is 13.1. The molecule has 1 radical (unpaired) electrons. The Bertz CT molecular complexity index is 3160. The molecule has 4 nitrogen and oxygen atoms in total. The zero-order valence-electron chi connectivity index (χ0n) is 42.0. The summed E-state index contributed by atoms with van der Waals surface area (Å²) in [6.07, 6.45) is 0.328. The molecule has 9 aromatic rings. The van der Waals surface area contributed by atoms with E-state index >= 15 is 0 Å². The van der Waals surface area contributed by atoms with E-state index in [1.165, 1.54) is 34.0 Å². The van der Waals surface area contributed by atoms with E-state index in [9.17, 15) is 0 Å². The molecule has 9 rings (SSSR count). The number of fused-ring (bicyclic) bond motifs is 4. The first-order chi connectivity index (χ1) is 31.2. The van der Waals surface area contributed by atoms with Crippen molar-refractivity contribution in [2.24, 2.45) is 5.92 Å². The van der Waals surface area contributed by atoms with Crippen molar-refractivity contribution in [2.45, 2.75) is 86.2 Å². The molecule has 0 fully saturated rings. The number of hydrogen-bond acceptors (Lipinski definition) is 3. The van der Waals surface area contributed by atoms with E-state index in [2.05, 4.69) is 154 Å². The van der Waals surface area contributed by atoms with Crippen LogP contribution in [0.15, 0.2) is 138 Å². The summed E-state index contributed by atoms with van der Waals surface area (Å²) in [4.78, 5) is 9.75. The second-order valence-corrected chi connectivity index (χ2v) is 22.9. The number of nitrogens with zero attached hydrogens (tertiary/aromatic N) is 3. The fourth-order valence-corrected chi connectivity index (χ4v) is 9.47. The number of furan rings is 1. The number of para-hydroxylation sites is 3. The van der Waals surface area contributed by atoms with Gasteiger partial charge in [-0.1, -0.05) is 146 Å². The molecule has 3 heterocycles. The van der Waals surface area contributed by atoms with Gasteiger partial charge < -0.3 is 14.0 Å². The fourth-order valence-electron chi connectivity index (χ4n) is 8.06. The normalized spacial score (nSPS) is 13.4. The van der Waals surface area contributed by atoms with Crippen LogP contribution in [0.2, 0.25) is 19.6 Å². The van der Waals surface area contributed by atoms with Gasteiger partial charge in [-0.2, -0.15) is 0 Å². The van der Waals surface area contributed by atoms with E-state index in [0.717, 1.165) is 49.5 Å². The van der Waals surface area contributed by atoms with E-state index in [-0.39, 0.29) is 31.6 Å². The summed E-state index contributed by atoms with van der Waals surface area (Å²) in [7, 11) is -1.78. The molecule has 0 spiro atoms. The molecule has 0 amide bonds. The molecule has 0 aliphatic carbocycles. The Balaban J connectivity index is 0.000000216. The number of hydrogen-bond donors (Lipinski definition) is 0. The molecule has 0 aliphatic heterocycles. The van der Waals surface area contributed by atoms with Crippen molar-refractivity contribution in [3.05, 3.63) is 168 Å². The topological polar surface area (TPSA) is 43.9 Å². The predicted molar refractivity (Wildman–Crippen MR) is 261 cm³/mol. The summed E-state index contributed by atoms with van der Waals surface area (Å²) >= 11 is 0. The van der Waals surface area contributed by atoms with Gasteiger partial charge in [-0.3, -0.25) is 4.98 Å². The Labute approximate surface area is 389 Å². The second kappa shape index (κ2) is 18.5. The van der Waals surface area contributed by atoms with Gasteiger partial charge in [-0.25, -0.2) is 0 Å². The fraction of sp³-hybridized carbons (Fsp3) is 0.250. The first kappa shape index (κ1) is 38.3. The predicted octanol–water partition coefficient (Wildman–Crippen LogP) is 14.9. The summed E-state index contributed by atoms with van der Waals surface area (Å²) in [5.41, 5.74) is 13.3. The Morgan fingerprint density at radius 1 is 0.710 bits per heavy atom. The average Bonchev–Trinajstić information content (AvgIpc) is 3.86. The first-order valence-electron chi connectivity index (χ1n) is 23.8. The maximum absolute atomic E-state index is 8.59. The van der Waals surface area contributed by atoms with Gasteiger partial charge in [0.2, 0.25) is 0 Å². The summed E-state index contributed by atoms with van der Waals surface area (Å²) in [6.45, 7) is 17.3. The van der Waals surface area contributed by atoms with Gasteiger partial charge in [-0.05, 0) is 87.6 Å². The van der Waals surface area contributed by atoms with Crippen LogP contribution in [-0.4, -0.2) is 22.6 Å². The largest absolute Gasteiger partial charge is 0.500 e. The second-order valence-electron chi connectivity index (χ2n) is 17.8. The van der Waals surface area contributed by atoms with Crippen LogP contribution in [0.3, 0.4) is 0 Å². The zero-order valence-corrected chi connectivity index (χ0v) is 40.4. The number of benzene rings is 6. The Hall–Kier alpha value is -5.39. The van der Waals surface area contributed by atoms with Gasteiger partial charge in [-0.15, -0.1) is 59.2 Å². The summed E-state index contributed by atoms with van der Waals surface area (Å²) in [5.74, 6) is 1.35. The molecule has 0 atom stereocenters. The summed E-state index contributed by atoms with van der Waals surface area (Å²) in [6, 6.07) is 49.2. The molecule has 62 heavy (non-hydrogen) atoms. The monoisotopic (exact) mass is 1010 g/mol.